The predicted octanol–water partition coefficient (Wildman–Crippen LogP) is 3.19. The van der Waals surface area contributed by atoms with E-state index in [-0.39, 0.29) is 0 Å². The van der Waals surface area contributed by atoms with Crippen LogP contribution in [-0.2, 0) is 0 Å². The summed E-state index contributed by atoms with van der Waals surface area (Å²) in [6.07, 6.45) is 8.12. The van der Waals surface area contributed by atoms with Gasteiger partial charge < -0.3 is 5.32 Å². The molecule has 1 N–H and O–H groups in total. The lowest BCUT2D eigenvalue weighted by Gasteiger charge is -2.04. The van der Waals surface area contributed by atoms with Crippen LogP contribution >= 0.6 is 0 Å². The van der Waals surface area contributed by atoms with Gasteiger partial charge in [0, 0.05) is 12.7 Å². The van der Waals surface area contributed by atoms with Crippen molar-refractivity contribution in [3.05, 3.63) is 47.7 Å². The molecule has 0 saturated heterocycles. The second-order valence-electron chi connectivity index (χ2n) is 2.77. The summed E-state index contributed by atoms with van der Waals surface area (Å²) >= 11 is 0. The van der Waals surface area contributed by atoms with Gasteiger partial charge >= 0.3 is 0 Å². The molecule has 0 aromatic heterocycles. The van der Waals surface area contributed by atoms with Gasteiger partial charge in [0.25, 0.3) is 0 Å². The average molecular weight is 177 g/mol. The fourth-order valence-electron chi connectivity index (χ4n) is 1.04. The van der Waals surface area contributed by atoms with Crippen LogP contribution in [0.2, 0.25) is 0 Å². The van der Waals surface area contributed by atoms with E-state index in [0.29, 0.717) is 0 Å². The Bertz CT molecular complexity index is 254. The van der Waals surface area contributed by atoms with E-state index in [9.17, 15) is 0 Å². The molecule has 0 fully saturated rings. The van der Waals surface area contributed by atoms with Crippen LogP contribution in [0.5, 0.6) is 0 Å². The van der Waals surface area contributed by atoms with Crippen molar-refractivity contribution in [3.63, 3.8) is 0 Å². The molecule has 1 heteroatoms. The fourth-order valence-corrected chi connectivity index (χ4v) is 1.04. The maximum Gasteiger partial charge on any atom is 0.00785 e. The zero-order valence-corrected chi connectivity index (χ0v) is 9.02. The van der Waals surface area contributed by atoms with Crippen molar-refractivity contribution >= 4 is 0 Å². The summed E-state index contributed by atoms with van der Waals surface area (Å²) in [6, 6.07) is 0. The summed E-state index contributed by atoms with van der Waals surface area (Å²) in [5.74, 6) is 0. The van der Waals surface area contributed by atoms with Crippen LogP contribution in [0, 0.1) is 0 Å². The lowest BCUT2D eigenvalue weighted by atomic mass is 10.0. The van der Waals surface area contributed by atoms with Crippen LogP contribution in [0.25, 0.3) is 0 Å². The molecule has 0 aliphatic rings. The summed E-state index contributed by atoms with van der Waals surface area (Å²) < 4.78 is 0. The first-order valence-electron chi connectivity index (χ1n) is 4.51. The van der Waals surface area contributed by atoms with E-state index in [1.165, 1.54) is 5.57 Å². The summed E-state index contributed by atoms with van der Waals surface area (Å²) in [7, 11) is 1.92. The molecule has 1 nitrogen and oxygen atoms in total. The van der Waals surface area contributed by atoms with Crippen molar-refractivity contribution < 1.29 is 0 Å². The van der Waals surface area contributed by atoms with Crippen molar-refractivity contribution in [2.45, 2.75) is 20.8 Å². The third-order valence-corrected chi connectivity index (χ3v) is 1.94. The molecule has 13 heavy (non-hydrogen) atoms. The monoisotopic (exact) mass is 177 g/mol. The van der Waals surface area contributed by atoms with Crippen molar-refractivity contribution in [3.8, 4) is 0 Å². The standard InChI is InChI=1S/C12H19N/c1-6-11(7-2)12(8-3)9-10(4)13-5/h6-9,13H,1H2,2-5H3/b10-9+,11-7-,12-8-. The van der Waals surface area contributed by atoms with Crippen molar-refractivity contribution in [1.29, 1.82) is 0 Å². The van der Waals surface area contributed by atoms with E-state index in [2.05, 4.69) is 30.1 Å². The molecule has 0 aromatic rings. The number of hydrogen-bond acceptors (Lipinski definition) is 1. The topological polar surface area (TPSA) is 12.0 Å². The molecule has 0 heterocycles. The Morgan fingerprint density at radius 1 is 1.15 bits per heavy atom. The number of hydrogen-bond donors (Lipinski definition) is 1. The number of rotatable bonds is 4. The van der Waals surface area contributed by atoms with Gasteiger partial charge in [0.05, 0.1) is 0 Å². The molecule has 0 bridgehead atoms. The molecule has 0 radical (unpaired) electrons. The smallest absolute Gasteiger partial charge is 0.00785 e. The third kappa shape index (κ3) is 3.79. The van der Waals surface area contributed by atoms with Gasteiger partial charge in [-0.05, 0) is 38.0 Å². The van der Waals surface area contributed by atoms with Crippen LogP contribution in [-0.4, -0.2) is 7.05 Å². The summed E-state index contributed by atoms with van der Waals surface area (Å²) in [5, 5.41) is 3.09. The number of nitrogens with one attached hydrogen (secondary N) is 1. The zero-order chi connectivity index (χ0) is 10.3. The Balaban J connectivity index is 4.84. The normalized spacial score (nSPS) is 14.3. The Kier molecular flexibility index (Phi) is 5.69. The SMILES string of the molecule is C=CC(=C/C)/C(=C\C)/C=C(\C)NC. The fraction of sp³-hybridized carbons (Fsp3) is 0.333. The second kappa shape index (κ2) is 6.30. The van der Waals surface area contributed by atoms with E-state index in [4.69, 9.17) is 0 Å². The third-order valence-electron chi connectivity index (χ3n) is 1.94. The van der Waals surface area contributed by atoms with Gasteiger partial charge in [-0.15, -0.1) is 0 Å². The van der Waals surface area contributed by atoms with Crippen LogP contribution < -0.4 is 5.32 Å². The molecule has 0 aromatic carbocycles. The van der Waals surface area contributed by atoms with Gasteiger partial charge in [0.1, 0.15) is 0 Å². The highest BCUT2D eigenvalue weighted by atomic mass is 14.8. The first kappa shape index (κ1) is 11.8. The summed E-state index contributed by atoms with van der Waals surface area (Å²) in [5.41, 5.74) is 3.51. The molecule has 0 unspecified atom stereocenters. The van der Waals surface area contributed by atoms with E-state index in [1.54, 1.807) is 0 Å². The summed E-state index contributed by atoms with van der Waals surface area (Å²) in [6.45, 7) is 9.86. The van der Waals surface area contributed by atoms with Crippen molar-refractivity contribution in [2.75, 3.05) is 7.05 Å². The average Bonchev–Trinajstić information content (AvgIpc) is 2.17. The molecule has 0 atom stereocenters. The minimum absolute atomic E-state index is 1.15. The molecule has 0 aliphatic carbocycles. The van der Waals surface area contributed by atoms with Gasteiger partial charge in [0.15, 0.2) is 0 Å². The Labute approximate surface area is 81.5 Å². The van der Waals surface area contributed by atoms with Gasteiger partial charge in [-0.25, -0.2) is 0 Å². The first-order valence-corrected chi connectivity index (χ1v) is 4.51. The zero-order valence-electron chi connectivity index (χ0n) is 9.02. The summed E-state index contributed by atoms with van der Waals surface area (Å²) in [4.78, 5) is 0. The highest BCUT2D eigenvalue weighted by molar-refractivity contribution is 5.45. The number of allylic oxidation sites excluding steroid dienone is 7. The Morgan fingerprint density at radius 3 is 2.00 bits per heavy atom. The van der Waals surface area contributed by atoms with Crippen LogP contribution in [0.4, 0.5) is 0 Å². The second-order valence-corrected chi connectivity index (χ2v) is 2.77. The molecule has 0 spiro atoms. The molecule has 0 rings (SSSR count). The van der Waals surface area contributed by atoms with E-state index in [1.807, 2.05) is 33.9 Å². The minimum Gasteiger partial charge on any atom is -0.392 e. The lowest BCUT2D eigenvalue weighted by Crippen LogP contribution is -2.02. The maximum atomic E-state index is 3.78. The highest BCUT2D eigenvalue weighted by Crippen LogP contribution is 2.13. The van der Waals surface area contributed by atoms with Crippen LogP contribution in [0.15, 0.2) is 47.7 Å². The lowest BCUT2D eigenvalue weighted by molar-refractivity contribution is 0.987. The highest BCUT2D eigenvalue weighted by Gasteiger charge is 1.95. The molecule has 0 aliphatic heterocycles. The van der Waals surface area contributed by atoms with E-state index < -0.39 is 0 Å². The van der Waals surface area contributed by atoms with E-state index in [0.717, 1.165) is 11.3 Å². The molecule has 0 saturated carbocycles. The largest absolute Gasteiger partial charge is 0.392 e. The van der Waals surface area contributed by atoms with Crippen molar-refractivity contribution in [1.82, 2.24) is 5.32 Å². The van der Waals surface area contributed by atoms with Gasteiger partial charge in [0.2, 0.25) is 0 Å². The quantitative estimate of drug-likeness (QED) is 0.650. The predicted molar refractivity (Wildman–Crippen MR) is 60.5 cm³/mol. The molecular formula is C12H19N. The van der Waals surface area contributed by atoms with E-state index >= 15 is 0 Å². The van der Waals surface area contributed by atoms with Gasteiger partial charge in [-0.3, -0.25) is 0 Å². The van der Waals surface area contributed by atoms with Crippen molar-refractivity contribution in [2.24, 2.45) is 0 Å². The first-order chi connectivity index (χ1) is 6.19. The maximum absolute atomic E-state index is 3.78. The molecule has 72 valence electrons. The Hall–Kier alpha value is -1.24. The van der Waals surface area contributed by atoms with Crippen LogP contribution in [0.3, 0.4) is 0 Å². The van der Waals surface area contributed by atoms with Crippen LogP contribution in [0.1, 0.15) is 20.8 Å². The molecule has 0 amide bonds. The Morgan fingerprint density at radius 2 is 1.69 bits per heavy atom. The van der Waals surface area contributed by atoms with Gasteiger partial charge in [-0.2, -0.15) is 0 Å². The minimum atomic E-state index is 1.15. The molecular weight excluding hydrogens is 158 g/mol. The van der Waals surface area contributed by atoms with Gasteiger partial charge in [-0.1, -0.05) is 24.8 Å².